The average Bonchev–Trinajstić information content (AvgIpc) is 2.62. The summed E-state index contributed by atoms with van der Waals surface area (Å²) in [6.45, 7) is 12.6. The molecule has 0 unspecified atom stereocenters. The Kier molecular flexibility index (Phi) is 8.08. The van der Waals surface area contributed by atoms with E-state index in [0.29, 0.717) is 13.2 Å². The van der Waals surface area contributed by atoms with Crippen molar-refractivity contribution in [2.24, 2.45) is 0 Å². The number of nitrogens with zero attached hydrogens (tertiary/aromatic N) is 3. The van der Waals surface area contributed by atoms with Gasteiger partial charge in [0.25, 0.3) is 0 Å². The number of methoxy groups -OCH3 is 1. The van der Waals surface area contributed by atoms with Crippen molar-refractivity contribution in [2.45, 2.75) is 0 Å². The Hall–Kier alpha value is -1.56. The van der Waals surface area contributed by atoms with Crippen LogP contribution < -0.4 is 9.64 Å². The third-order valence-corrected chi connectivity index (χ3v) is 4.37. The summed E-state index contributed by atoms with van der Waals surface area (Å²) in [6.07, 6.45) is 1.96. The van der Waals surface area contributed by atoms with Gasteiger partial charge in [0.15, 0.2) is 0 Å². The van der Waals surface area contributed by atoms with Gasteiger partial charge in [0.05, 0.1) is 6.61 Å². The lowest BCUT2D eigenvalue weighted by Crippen LogP contribution is -2.48. The lowest BCUT2D eigenvalue weighted by Gasteiger charge is -2.36. The number of piperazine rings is 1. The van der Waals surface area contributed by atoms with Gasteiger partial charge in [0.1, 0.15) is 12.4 Å². The van der Waals surface area contributed by atoms with Gasteiger partial charge >= 0.3 is 0 Å². The Bertz CT molecular complexity index is 470. The quantitative estimate of drug-likeness (QED) is 0.482. The van der Waals surface area contributed by atoms with E-state index in [4.69, 9.17) is 9.47 Å². The summed E-state index contributed by atoms with van der Waals surface area (Å²) in [7, 11) is 3.83. The molecule has 5 heteroatoms. The highest BCUT2D eigenvalue weighted by Gasteiger charge is 2.17. The summed E-state index contributed by atoms with van der Waals surface area (Å²) >= 11 is 0. The maximum absolute atomic E-state index is 5.62. The van der Waals surface area contributed by atoms with Crippen molar-refractivity contribution in [3.8, 4) is 5.75 Å². The Labute approximate surface area is 146 Å². The van der Waals surface area contributed by atoms with Crippen molar-refractivity contribution in [3.63, 3.8) is 0 Å². The number of benzene rings is 1. The van der Waals surface area contributed by atoms with Crippen molar-refractivity contribution in [1.29, 1.82) is 0 Å². The Balaban J connectivity index is 1.72. The second-order valence-electron chi connectivity index (χ2n) is 6.21. The molecule has 0 saturated carbocycles. The van der Waals surface area contributed by atoms with Crippen molar-refractivity contribution in [2.75, 3.05) is 78.1 Å². The predicted molar refractivity (Wildman–Crippen MR) is 100 cm³/mol. The van der Waals surface area contributed by atoms with Crippen LogP contribution in [0.1, 0.15) is 0 Å². The van der Waals surface area contributed by atoms with Gasteiger partial charge < -0.3 is 19.3 Å². The zero-order valence-electron chi connectivity index (χ0n) is 15.1. The van der Waals surface area contributed by atoms with Crippen LogP contribution in [-0.2, 0) is 4.74 Å². The fourth-order valence-corrected chi connectivity index (χ4v) is 2.85. The fraction of sp³-hybridized carbons (Fsp3) is 0.579. The molecule has 1 saturated heterocycles. The molecule has 0 spiro atoms. The summed E-state index contributed by atoms with van der Waals surface area (Å²) in [4.78, 5) is 7.29. The maximum atomic E-state index is 5.62. The SMILES string of the molecule is C=CCN(C)CCN1CCN(c2ccc(OCCOC)cc2)CC1. The zero-order valence-corrected chi connectivity index (χ0v) is 15.1. The minimum absolute atomic E-state index is 0.592. The van der Waals surface area contributed by atoms with E-state index in [1.54, 1.807) is 7.11 Å². The van der Waals surface area contributed by atoms with E-state index in [0.717, 1.165) is 51.6 Å². The monoisotopic (exact) mass is 333 g/mol. The van der Waals surface area contributed by atoms with Gasteiger partial charge in [-0.05, 0) is 31.3 Å². The maximum Gasteiger partial charge on any atom is 0.119 e. The summed E-state index contributed by atoms with van der Waals surface area (Å²) in [6, 6.07) is 8.38. The van der Waals surface area contributed by atoms with Gasteiger partial charge in [-0.3, -0.25) is 4.90 Å². The zero-order chi connectivity index (χ0) is 17.2. The minimum atomic E-state index is 0.592. The van der Waals surface area contributed by atoms with E-state index in [2.05, 4.69) is 40.5 Å². The number of hydrogen-bond acceptors (Lipinski definition) is 5. The van der Waals surface area contributed by atoms with Crippen LogP contribution in [0.4, 0.5) is 5.69 Å². The van der Waals surface area contributed by atoms with Crippen LogP contribution in [0.15, 0.2) is 36.9 Å². The number of hydrogen-bond donors (Lipinski definition) is 0. The Morgan fingerprint density at radius 3 is 2.46 bits per heavy atom. The van der Waals surface area contributed by atoms with E-state index >= 15 is 0 Å². The van der Waals surface area contributed by atoms with Crippen molar-refractivity contribution in [3.05, 3.63) is 36.9 Å². The summed E-state index contributed by atoms with van der Waals surface area (Å²) in [5.41, 5.74) is 1.28. The van der Waals surface area contributed by atoms with E-state index in [-0.39, 0.29) is 0 Å². The first-order valence-corrected chi connectivity index (χ1v) is 8.71. The third-order valence-electron chi connectivity index (χ3n) is 4.37. The van der Waals surface area contributed by atoms with Gasteiger partial charge in [0, 0.05) is 58.6 Å². The number of ether oxygens (including phenoxy) is 2. The van der Waals surface area contributed by atoms with Crippen LogP contribution in [0, 0.1) is 0 Å². The lowest BCUT2D eigenvalue weighted by molar-refractivity contribution is 0.146. The van der Waals surface area contributed by atoms with Crippen LogP contribution >= 0.6 is 0 Å². The molecule has 1 aromatic carbocycles. The second kappa shape index (κ2) is 10.3. The molecule has 2 rings (SSSR count). The largest absolute Gasteiger partial charge is 0.491 e. The number of anilines is 1. The van der Waals surface area contributed by atoms with Gasteiger partial charge in [-0.25, -0.2) is 0 Å². The molecule has 1 fully saturated rings. The predicted octanol–water partition coefficient (Wildman–Crippen LogP) is 1.95. The second-order valence-corrected chi connectivity index (χ2v) is 6.21. The molecule has 0 aliphatic carbocycles. The van der Waals surface area contributed by atoms with Gasteiger partial charge in [0.2, 0.25) is 0 Å². The lowest BCUT2D eigenvalue weighted by atomic mass is 10.2. The smallest absolute Gasteiger partial charge is 0.119 e. The molecule has 0 N–H and O–H groups in total. The van der Waals surface area contributed by atoms with Crippen molar-refractivity contribution < 1.29 is 9.47 Å². The average molecular weight is 333 g/mol. The van der Waals surface area contributed by atoms with E-state index < -0.39 is 0 Å². The molecule has 0 amide bonds. The Morgan fingerprint density at radius 2 is 1.83 bits per heavy atom. The molecule has 0 atom stereocenters. The molecule has 1 aromatic rings. The van der Waals surface area contributed by atoms with Crippen LogP contribution in [0.25, 0.3) is 0 Å². The molecular formula is C19H31N3O2. The van der Waals surface area contributed by atoms with Crippen LogP contribution in [-0.4, -0.2) is 83.0 Å². The molecule has 24 heavy (non-hydrogen) atoms. The third kappa shape index (κ3) is 6.15. The Morgan fingerprint density at radius 1 is 1.12 bits per heavy atom. The number of rotatable bonds is 10. The summed E-state index contributed by atoms with van der Waals surface area (Å²) < 4.78 is 10.6. The molecule has 1 aliphatic rings. The van der Waals surface area contributed by atoms with Crippen LogP contribution in [0.2, 0.25) is 0 Å². The highest BCUT2D eigenvalue weighted by Crippen LogP contribution is 2.20. The van der Waals surface area contributed by atoms with E-state index in [9.17, 15) is 0 Å². The van der Waals surface area contributed by atoms with Gasteiger partial charge in [-0.1, -0.05) is 6.08 Å². The molecule has 0 radical (unpaired) electrons. The summed E-state index contributed by atoms with van der Waals surface area (Å²) in [5, 5.41) is 0. The molecule has 0 bridgehead atoms. The van der Waals surface area contributed by atoms with Crippen LogP contribution in [0.3, 0.4) is 0 Å². The van der Waals surface area contributed by atoms with E-state index in [1.165, 1.54) is 5.69 Å². The van der Waals surface area contributed by atoms with Gasteiger partial charge in [-0.15, -0.1) is 6.58 Å². The first-order valence-electron chi connectivity index (χ1n) is 8.71. The molecule has 1 heterocycles. The highest BCUT2D eigenvalue weighted by molar-refractivity contribution is 5.49. The van der Waals surface area contributed by atoms with E-state index in [1.807, 2.05) is 18.2 Å². The first-order chi connectivity index (χ1) is 11.7. The normalized spacial score (nSPS) is 15.7. The minimum Gasteiger partial charge on any atom is -0.491 e. The van der Waals surface area contributed by atoms with Crippen molar-refractivity contribution in [1.82, 2.24) is 9.80 Å². The molecule has 1 aliphatic heterocycles. The fourth-order valence-electron chi connectivity index (χ4n) is 2.85. The van der Waals surface area contributed by atoms with Crippen LogP contribution in [0.5, 0.6) is 5.75 Å². The topological polar surface area (TPSA) is 28.2 Å². The van der Waals surface area contributed by atoms with Gasteiger partial charge in [-0.2, -0.15) is 0 Å². The summed E-state index contributed by atoms with van der Waals surface area (Å²) in [5.74, 6) is 0.902. The highest BCUT2D eigenvalue weighted by atomic mass is 16.5. The molecule has 134 valence electrons. The molecule has 0 aromatic heterocycles. The standard InChI is InChI=1S/C19H31N3O2/c1-4-9-20(2)10-11-21-12-14-22(15-13-21)18-5-7-19(8-6-18)24-17-16-23-3/h4-8H,1,9-17H2,2-3H3. The number of likely N-dealkylation sites (N-methyl/N-ethyl adjacent to an activating group) is 1. The molecule has 5 nitrogen and oxygen atoms in total. The first kappa shape index (κ1) is 18.8. The van der Waals surface area contributed by atoms with Crippen molar-refractivity contribution >= 4 is 5.69 Å². The molecular weight excluding hydrogens is 302 g/mol.